The van der Waals surface area contributed by atoms with Crippen molar-refractivity contribution in [3.63, 3.8) is 0 Å². The number of ether oxygens (including phenoxy) is 2. The summed E-state index contributed by atoms with van der Waals surface area (Å²) in [7, 11) is 1.29. The van der Waals surface area contributed by atoms with Gasteiger partial charge >= 0.3 is 5.97 Å². The Balaban J connectivity index is 1.92. The summed E-state index contributed by atoms with van der Waals surface area (Å²) in [5, 5.41) is 13.9. The van der Waals surface area contributed by atoms with Crippen molar-refractivity contribution in [2.45, 2.75) is 44.4 Å². The van der Waals surface area contributed by atoms with Crippen LogP contribution in [0.25, 0.3) is 0 Å². The van der Waals surface area contributed by atoms with Crippen molar-refractivity contribution >= 4 is 23.3 Å². The third-order valence-electron chi connectivity index (χ3n) is 5.72. The molecule has 0 heterocycles. The van der Waals surface area contributed by atoms with E-state index in [1.54, 1.807) is 30.3 Å². The van der Waals surface area contributed by atoms with Crippen LogP contribution < -0.4 is 10.1 Å². The topological polar surface area (TPSA) is 108 Å². The van der Waals surface area contributed by atoms with Gasteiger partial charge in [0.05, 0.1) is 24.1 Å². The summed E-state index contributed by atoms with van der Waals surface area (Å²) in [6, 6.07) is 11.1. The molecular formula is C23H26N2O6. The lowest BCUT2D eigenvalue weighted by molar-refractivity contribution is -0.384. The smallest absolute Gasteiger partial charge is 0.341 e. The number of methoxy groups -OCH3 is 1. The number of nitrogens with zero attached hydrogens (tertiary/aromatic N) is 1. The van der Waals surface area contributed by atoms with Crippen molar-refractivity contribution in [3.05, 3.63) is 63.7 Å². The SMILES string of the molecule is CCOc1ccc(NC(=O)C2(c3ccc([N+](=O)[O-])cc3)CCCCC2)cc1C(=O)OC. The van der Waals surface area contributed by atoms with Crippen LogP contribution >= 0.6 is 0 Å². The fourth-order valence-electron chi connectivity index (χ4n) is 4.11. The summed E-state index contributed by atoms with van der Waals surface area (Å²) in [4.78, 5) is 36.2. The van der Waals surface area contributed by atoms with Crippen LogP contribution in [0.5, 0.6) is 5.75 Å². The molecule has 1 N–H and O–H groups in total. The van der Waals surface area contributed by atoms with Crippen molar-refractivity contribution in [3.8, 4) is 5.75 Å². The number of nitro groups is 1. The maximum Gasteiger partial charge on any atom is 0.341 e. The van der Waals surface area contributed by atoms with Crippen LogP contribution in [0.1, 0.15) is 54.9 Å². The van der Waals surface area contributed by atoms with E-state index in [1.807, 2.05) is 6.92 Å². The molecular weight excluding hydrogens is 400 g/mol. The van der Waals surface area contributed by atoms with Crippen LogP contribution in [0.3, 0.4) is 0 Å². The molecule has 0 saturated heterocycles. The Kier molecular flexibility index (Phi) is 6.89. The van der Waals surface area contributed by atoms with E-state index in [9.17, 15) is 19.7 Å². The van der Waals surface area contributed by atoms with Gasteiger partial charge in [-0.25, -0.2) is 4.79 Å². The van der Waals surface area contributed by atoms with E-state index in [-0.39, 0.29) is 17.2 Å². The maximum absolute atomic E-state index is 13.5. The standard InChI is InChI=1S/C23H26N2O6/c1-3-31-20-12-9-17(15-19(20)21(26)30-2)24-22(27)23(13-5-4-6-14-23)16-7-10-18(11-8-16)25(28)29/h7-12,15H,3-6,13-14H2,1-2H3,(H,24,27). The van der Waals surface area contributed by atoms with Crippen LogP contribution in [0, 0.1) is 10.1 Å². The Hall–Kier alpha value is -3.42. The van der Waals surface area contributed by atoms with E-state index in [0.717, 1.165) is 24.8 Å². The number of non-ortho nitro benzene ring substituents is 1. The molecule has 164 valence electrons. The minimum atomic E-state index is -0.780. The minimum absolute atomic E-state index is 0.00986. The first-order chi connectivity index (χ1) is 14.9. The van der Waals surface area contributed by atoms with Gasteiger partial charge in [-0.15, -0.1) is 0 Å². The molecule has 8 heteroatoms. The van der Waals surface area contributed by atoms with Crippen molar-refractivity contribution in [1.82, 2.24) is 0 Å². The van der Waals surface area contributed by atoms with Gasteiger partial charge in [-0.1, -0.05) is 31.4 Å². The van der Waals surface area contributed by atoms with E-state index < -0.39 is 16.3 Å². The van der Waals surface area contributed by atoms with Gasteiger partial charge in [-0.3, -0.25) is 14.9 Å². The van der Waals surface area contributed by atoms with Crippen molar-refractivity contribution in [2.24, 2.45) is 0 Å². The monoisotopic (exact) mass is 426 g/mol. The molecule has 2 aromatic rings. The summed E-state index contributed by atoms with van der Waals surface area (Å²) in [6.07, 6.45) is 4.12. The number of hydrogen-bond acceptors (Lipinski definition) is 6. The van der Waals surface area contributed by atoms with Gasteiger partial charge in [0, 0.05) is 17.8 Å². The molecule has 1 amide bonds. The van der Waals surface area contributed by atoms with E-state index in [4.69, 9.17) is 9.47 Å². The average molecular weight is 426 g/mol. The number of carbonyl (C=O) groups is 2. The fourth-order valence-corrected chi connectivity index (χ4v) is 4.11. The van der Waals surface area contributed by atoms with E-state index in [2.05, 4.69) is 5.32 Å². The van der Waals surface area contributed by atoms with Crippen LogP contribution in [-0.4, -0.2) is 30.5 Å². The molecule has 0 spiro atoms. The van der Waals surface area contributed by atoms with Crippen LogP contribution in [0.15, 0.2) is 42.5 Å². The number of anilines is 1. The summed E-state index contributed by atoms with van der Waals surface area (Å²) < 4.78 is 10.3. The van der Waals surface area contributed by atoms with Gasteiger partial charge in [0.15, 0.2) is 0 Å². The van der Waals surface area contributed by atoms with Crippen molar-refractivity contribution in [1.29, 1.82) is 0 Å². The van der Waals surface area contributed by atoms with Crippen molar-refractivity contribution in [2.75, 3.05) is 19.0 Å². The number of esters is 1. The number of amides is 1. The normalized spacial score (nSPS) is 15.0. The lowest BCUT2D eigenvalue weighted by atomic mass is 9.68. The van der Waals surface area contributed by atoms with E-state index in [1.165, 1.54) is 19.2 Å². The number of rotatable bonds is 7. The third-order valence-corrected chi connectivity index (χ3v) is 5.72. The quantitative estimate of drug-likeness (QED) is 0.393. The van der Waals surface area contributed by atoms with Gasteiger partial charge in [0.2, 0.25) is 5.91 Å². The highest BCUT2D eigenvalue weighted by Crippen LogP contribution is 2.41. The van der Waals surface area contributed by atoms with Crippen LogP contribution in [0.4, 0.5) is 11.4 Å². The predicted molar refractivity (Wildman–Crippen MR) is 115 cm³/mol. The average Bonchev–Trinajstić information content (AvgIpc) is 2.80. The summed E-state index contributed by atoms with van der Waals surface area (Å²) in [6.45, 7) is 2.20. The highest BCUT2D eigenvalue weighted by molar-refractivity contribution is 6.01. The van der Waals surface area contributed by atoms with Gasteiger partial charge in [-0.2, -0.15) is 0 Å². The first-order valence-corrected chi connectivity index (χ1v) is 10.3. The first kappa shape index (κ1) is 22.3. The molecule has 8 nitrogen and oxygen atoms in total. The molecule has 0 bridgehead atoms. The zero-order valence-electron chi connectivity index (χ0n) is 17.7. The Bertz CT molecular complexity index is 965. The molecule has 0 aliphatic heterocycles. The van der Waals surface area contributed by atoms with Gasteiger partial charge in [-0.05, 0) is 43.5 Å². The van der Waals surface area contributed by atoms with Gasteiger partial charge in [0.1, 0.15) is 11.3 Å². The molecule has 0 unspecified atom stereocenters. The first-order valence-electron chi connectivity index (χ1n) is 10.3. The molecule has 1 aliphatic carbocycles. The molecule has 0 atom stereocenters. The summed E-state index contributed by atoms with van der Waals surface area (Å²) in [5.41, 5.74) is 0.659. The second-order valence-electron chi connectivity index (χ2n) is 7.54. The minimum Gasteiger partial charge on any atom is -0.493 e. The Morgan fingerprint density at radius 1 is 1.10 bits per heavy atom. The lowest BCUT2D eigenvalue weighted by Crippen LogP contribution is -2.42. The second kappa shape index (κ2) is 9.59. The predicted octanol–water partition coefficient (Wildman–Crippen LogP) is 4.62. The number of carbonyl (C=O) groups excluding carboxylic acids is 2. The largest absolute Gasteiger partial charge is 0.493 e. The van der Waals surface area contributed by atoms with Gasteiger partial charge in [0.25, 0.3) is 5.69 Å². The molecule has 2 aromatic carbocycles. The number of nitrogens with one attached hydrogen (secondary N) is 1. The zero-order chi connectivity index (χ0) is 22.4. The number of benzene rings is 2. The van der Waals surface area contributed by atoms with Crippen molar-refractivity contribution < 1.29 is 24.0 Å². The van der Waals surface area contributed by atoms with Crippen LogP contribution in [-0.2, 0) is 14.9 Å². The molecule has 0 radical (unpaired) electrons. The third kappa shape index (κ3) is 4.68. The Morgan fingerprint density at radius 2 is 1.77 bits per heavy atom. The molecule has 0 aromatic heterocycles. The molecule has 1 saturated carbocycles. The zero-order valence-corrected chi connectivity index (χ0v) is 17.7. The lowest BCUT2D eigenvalue weighted by Gasteiger charge is -2.36. The van der Waals surface area contributed by atoms with E-state index >= 15 is 0 Å². The highest BCUT2D eigenvalue weighted by atomic mass is 16.6. The summed E-state index contributed by atoms with van der Waals surface area (Å²) in [5.74, 6) is -0.363. The van der Waals surface area contributed by atoms with E-state index in [0.29, 0.717) is 30.9 Å². The molecule has 1 fully saturated rings. The summed E-state index contributed by atoms with van der Waals surface area (Å²) >= 11 is 0. The van der Waals surface area contributed by atoms with Crippen LogP contribution in [0.2, 0.25) is 0 Å². The second-order valence-corrected chi connectivity index (χ2v) is 7.54. The fraction of sp³-hybridized carbons (Fsp3) is 0.391. The molecule has 1 aliphatic rings. The maximum atomic E-state index is 13.5. The Labute approximate surface area is 180 Å². The molecule has 3 rings (SSSR count). The Morgan fingerprint density at radius 3 is 2.35 bits per heavy atom. The highest BCUT2D eigenvalue weighted by Gasteiger charge is 2.41. The molecule has 31 heavy (non-hydrogen) atoms. The number of hydrogen-bond donors (Lipinski definition) is 1. The van der Waals surface area contributed by atoms with Gasteiger partial charge < -0.3 is 14.8 Å². The number of nitro benzene ring substituents is 1.